The summed E-state index contributed by atoms with van der Waals surface area (Å²) in [7, 11) is 1.54. The van der Waals surface area contributed by atoms with E-state index in [9.17, 15) is 4.79 Å². The van der Waals surface area contributed by atoms with E-state index < -0.39 is 0 Å². The molecular formula is C14H11N3O3S. The van der Waals surface area contributed by atoms with E-state index >= 15 is 0 Å². The Balaban J connectivity index is 1.75. The van der Waals surface area contributed by atoms with E-state index in [1.807, 2.05) is 16.8 Å². The molecule has 0 bridgehead atoms. The summed E-state index contributed by atoms with van der Waals surface area (Å²) in [5.74, 6) is 0.638. The summed E-state index contributed by atoms with van der Waals surface area (Å²) in [5.41, 5.74) is 1.28. The van der Waals surface area contributed by atoms with E-state index in [2.05, 4.69) is 15.5 Å². The minimum atomic E-state index is -0.339. The fourth-order valence-corrected chi connectivity index (χ4v) is 2.34. The lowest BCUT2D eigenvalue weighted by molar-refractivity contribution is 0.102. The molecule has 0 spiro atoms. The van der Waals surface area contributed by atoms with Crippen LogP contribution >= 0.6 is 11.3 Å². The Morgan fingerprint density at radius 3 is 3.00 bits per heavy atom. The summed E-state index contributed by atoms with van der Waals surface area (Å²) in [6.07, 6.45) is 0. The Morgan fingerprint density at radius 1 is 1.33 bits per heavy atom. The fourth-order valence-electron chi connectivity index (χ4n) is 1.71. The molecule has 0 unspecified atom stereocenters. The molecule has 6 nitrogen and oxygen atoms in total. The molecule has 21 heavy (non-hydrogen) atoms. The number of anilines is 1. The number of nitrogens with zero attached hydrogens (tertiary/aromatic N) is 2. The molecule has 2 aromatic heterocycles. The van der Waals surface area contributed by atoms with E-state index in [0.717, 1.165) is 5.56 Å². The molecule has 0 aliphatic heterocycles. The van der Waals surface area contributed by atoms with Gasteiger partial charge in [0.05, 0.1) is 7.11 Å². The topological polar surface area (TPSA) is 77.2 Å². The molecule has 106 valence electrons. The molecule has 0 fully saturated rings. The normalized spacial score (nSPS) is 10.3. The molecule has 0 atom stereocenters. The maximum atomic E-state index is 12.1. The second-order valence-electron chi connectivity index (χ2n) is 4.11. The minimum absolute atomic E-state index is 0.0593. The van der Waals surface area contributed by atoms with Crippen molar-refractivity contribution in [3.05, 3.63) is 46.7 Å². The van der Waals surface area contributed by atoms with Crippen molar-refractivity contribution in [3.8, 4) is 17.2 Å². The third-order valence-corrected chi connectivity index (χ3v) is 3.43. The first kappa shape index (κ1) is 13.3. The molecule has 1 amide bonds. The quantitative estimate of drug-likeness (QED) is 0.801. The van der Waals surface area contributed by atoms with Gasteiger partial charge in [-0.05, 0) is 29.6 Å². The van der Waals surface area contributed by atoms with Crippen LogP contribution in [0.15, 0.2) is 45.5 Å². The van der Waals surface area contributed by atoms with Crippen LogP contribution in [0.4, 0.5) is 6.01 Å². The summed E-state index contributed by atoms with van der Waals surface area (Å²) in [6.45, 7) is 0. The van der Waals surface area contributed by atoms with E-state index in [1.54, 1.807) is 31.4 Å². The molecule has 0 saturated heterocycles. The van der Waals surface area contributed by atoms with E-state index in [4.69, 9.17) is 9.15 Å². The van der Waals surface area contributed by atoms with Crippen molar-refractivity contribution in [1.29, 1.82) is 0 Å². The first-order valence-electron chi connectivity index (χ1n) is 6.08. The van der Waals surface area contributed by atoms with E-state index in [-0.39, 0.29) is 11.9 Å². The van der Waals surface area contributed by atoms with Gasteiger partial charge in [-0.25, -0.2) is 0 Å². The highest BCUT2D eigenvalue weighted by molar-refractivity contribution is 7.08. The fraction of sp³-hybridized carbons (Fsp3) is 0.0714. The molecule has 1 N–H and O–H groups in total. The summed E-state index contributed by atoms with van der Waals surface area (Å²) in [4.78, 5) is 12.1. The van der Waals surface area contributed by atoms with Gasteiger partial charge in [0.25, 0.3) is 11.8 Å². The lowest BCUT2D eigenvalue weighted by Crippen LogP contribution is -2.12. The van der Waals surface area contributed by atoms with E-state index in [1.165, 1.54) is 11.3 Å². The van der Waals surface area contributed by atoms with Gasteiger partial charge in [0, 0.05) is 16.5 Å². The summed E-state index contributed by atoms with van der Waals surface area (Å²) < 4.78 is 10.5. The van der Waals surface area contributed by atoms with Crippen LogP contribution in [-0.4, -0.2) is 23.2 Å². The monoisotopic (exact) mass is 301 g/mol. The van der Waals surface area contributed by atoms with Gasteiger partial charge in [-0.3, -0.25) is 10.1 Å². The number of ether oxygens (including phenoxy) is 1. The van der Waals surface area contributed by atoms with Gasteiger partial charge in [-0.15, -0.1) is 5.10 Å². The Labute approximate surface area is 124 Å². The Kier molecular flexibility index (Phi) is 3.65. The largest absolute Gasteiger partial charge is 0.497 e. The lowest BCUT2D eigenvalue weighted by atomic mass is 10.2. The number of rotatable bonds is 4. The predicted octanol–water partition coefficient (Wildman–Crippen LogP) is 3.06. The number of methoxy groups -OCH3 is 1. The van der Waals surface area contributed by atoms with Crippen molar-refractivity contribution < 1.29 is 13.9 Å². The number of hydrogen-bond donors (Lipinski definition) is 1. The van der Waals surface area contributed by atoms with Gasteiger partial charge in [0.15, 0.2) is 0 Å². The van der Waals surface area contributed by atoms with Gasteiger partial charge in [-0.2, -0.15) is 11.3 Å². The standard InChI is InChI=1S/C14H11N3O3S/c1-19-11-4-2-3-9(7-11)12(18)15-14-17-16-13(20-14)10-5-6-21-8-10/h2-8H,1H3,(H,15,17,18). The van der Waals surface area contributed by atoms with Gasteiger partial charge in [-0.1, -0.05) is 11.2 Å². The average Bonchev–Trinajstić information content (AvgIpc) is 3.18. The first-order chi connectivity index (χ1) is 10.3. The van der Waals surface area contributed by atoms with Crippen LogP contribution in [0.5, 0.6) is 5.75 Å². The molecular weight excluding hydrogens is 290 g/mol. The van der Waals surface area contributed by atoms with Crippen LogP contribution in [0.1, 0.15) is 10.4 Å². The molecule has 1 aromatic carbocycles. The molecule has 2 heterocycles. The zero-order valence-corrected chi connectivity index (χ0v) is 11.9. The average molecular weight is 301 g/mol. The third-order valence-electron chi connectivity index (χ3n) is 2.75. The van der Waals surface area contributed by atoms with Crippen LogP contribution in [0.2, 0.25) is 0 Å². The van der Waals surface area contributed by atoms with E-state index in [0.29, 0.717) is 17.2 Å². The molecule has 0 aliphatic rings. The van der Waals surface area contributed by atoms with Crippen LogP contribution in [0, 0.1) is 0 Å². The van der Waals surface area contributed by atoms with Crippen LogP contribution in [-0.2, 0) is 0 Å². The van der Waals surface area contributed by atoms with Crippen LogP contribution in [0.3, 0.4) is 0 Å². The number of carbonyl (C=O) groups is 1. The number of hydrogen-bond acceptors (Lipinski definition) is 6. The highest BCUT2D eigenvalue weighted by atomic mass is 32.1. The SMILES string of the molecule is COc1cccc(C(=O)Nc2nnc(-c3ccsc3)o2)c1. The maximum Gasteiger partial charge on any atom is 0.322 e. The number of amides is 1. The zero-order chi connectivity index (χ0) is 14.7. The summed E-state index contributed by atoms with van der Waals surface area (Å²) in [5, 5.41) is 14.1. The summed E-state index contributed by atoms with van der Waals surface area (Å²) in [6, 6.07) is 8.73. The number of carbonyl (C=O) groups excluding carboxylic acids is 1. The summed E-state index contributed by atoms with van der Waals surface area (Å²) >= 11 is 1.53. The van der Waals surface area contributed by atoms with Gasteiger partial charge < -0.3 is 9.15 Å². The Hall–Kier alpha value is -2.67. The van der Waals surface area contributed by atoms with Crippen molar-refractivity contribution in [2.75, 3.05) is 12.4 Å². The van der Waals surface area contributed by atoms with Crippen LogP contribution in [0.25, 0.3) is 11.5 Å². The number of nitrogens with one attached hydrogen (secondary N) is 1. The minimum Gasteiger partial charge on any atom is -0.497 e. The van der Waals surface area contributed by atoms with Gasteiger partial charge in [0.2, 0.25) is 0 Å². The van der Waals surface area contributed by atoms with Crippen molar-refractivity contribution in [2.45, 2.75) is 0 Å². The molecule has 3 rings (SSSR count). The number of aromatic nitrogens is 2. The molecule has 0 aliphatic carbocycles. The van der Waals surface area contributed by atoms with Crippen molar-refractivity contribution in [1.82, 2.24) is 10.2 Å². The zero-order valence-electron chi connectivity index (χ0n) is 11.1. The molecule has 0 saturated carbocycles. The number of thiophene rings is 1. The number of benzene rings is 1. The van der Waals surface area contributed by atoms with Crippen molar-refractivity contribution >= 4 is 23.3 Å². The smallest absolute Gasteiger partial charge is 0.322 e. The molecule has 3 aromatic rings. The van der Waals surface area contributed by atoms with Gasteiger partial charge in [0.1, 0.15) is 5.75 Å². The highest BCUT2D eigenvalue weighted by Gasteiger charge is 2.13. The molecule has 0 radical (unpaired) electrons. The third kappa shape index (κ3) is 2.92. The Bertz CT molecular complexity index is 752. The van der Waals surface area contributed by atoms with Crippen LogP contribution < -0.4 is 10.1 Å². The van der Waals surface area contributed by atoms with Crippen molar-refractivity contribution in [2.24, 2.45) is 0 Å². The predicted molar refractivity (Wildman–Crippen MR) is 78.6 cm³/mol. The molecule has 7 heteroatoms. The van der Waals surface area contributed by atoms with Gasteiger partial charge >= 0.3 is 6.01 Å². The van der Waals surface area contributed by atoms with Crippen molar-refractivity contribution in [3.63, 3.8) is 0 Å². The Morgan fingerprint density at radius 2 is 2.24 bits per heavy atom. The second kappa shape index (κ2) is 5.76. The lowest BCUT2D eigenvalue weighted by Gasteiger charge is -2.03. The first-order valence-corrected chi connectivity index (χ1v) is 7.02. The maximum absolute atomic E-state index is 12.1. The second-order valence-corrected chi connectivity index (χ2v) is 4.89. The highest BCUT2D eigenvalue weighted by Crippen LogP contribution is 2.22.